The number of fused-ring (bicyclic) bond motifs is 1. The van der Waals surface area contributed by atoms with Crippen LogP contribution in [0, 0.1) is 0 Å². The number of aliphatic hydroxyl groups is 1. The Kier molecular flexibility index (Phi) is 3.23. The Labute approximate surface area is 90.3 Å². The molecule has 1 unspecified atom stereocenters. The zero-order valence-electron chi connectivity index (χ0n) is 9.02. The minimum atomic E-state index is 0.183. The maximum Gasteiger partial charge on any atom is 0.142 e. The molecule has 0 bridgehead atoms. The normalized spacial score (nSPS) is 20.8. The van der Waals surface area contributed by atoms with E-state index in [-0.39, 0.29) is 6.61 Å². The monoisotopic (exact) mass is 207 g/mol. The molecular formula is C12H17NO2. The first-order valence-corrected chi connectivity index (χ1v) is 5.43. The highest BCUT2D eigenvalue weighted by molar-refractivity contribution is 5.37. The summed E-state index contributed by atoms with van der Waals surface area (Å²) in [5.41, 5.74) is 1.24. The third-order valence-corrected chi connectivity index (χ3v) is 2.88. The summed E-state index contributed by atoms with van der Waals surface area (Å²) in [6.07, 6.45) is 1.04. The van der Waals surface area contributed by atoms with Gasteiger partial charge in [-0.2, -0.15) is 0 Å². The van der Waals surface area contributed by atoms with E-state index in [1.165, 1.54) is 5.56 Å². The smallest absolute Gasteiger partial charge is 0.142 e. The van der Waals surface area contributed by atoms with Crippen LogP contribution in [0.5, 0.6) is 5.75 Å². The minimum absolute atomic E-state index is 0.183. The Morgan fingerprint density at radius 2 is 2.27 bits per heavy atom. The van der Waals surface area contributed by atoms with Gasteiger partial charge in [0.05, 0.1) is 6.61 Å². The predicted molar refractivity (Wildman–Crippen MR) is 58.8 cm³/mol. The van der Waals surface area contributed by atoms with Gasteiger partial charge < -0.3 is 9.84 Å². The van der Waals surface area contributed by atoms with Gasteiger partial charge in [-0.1, -0.05) is 25.1 Å². The molecule has 0 spiro atoms. The highest BCUT2D eigenvalue weighted by Gasteiger charge is 2.25. The highest BCUT2D eigenvalue weighted by atomic mass is 16.5. The van der Waals surface area contributed by atoms with Crippen molar-refractivity contribution in [2.75, 3.05) is 19.9 Å². The second-order valence-electron chi connectivity index (χ2n) is 3.77. The molecule has 0 saturated heterocycles. The summed E-state index contributed by atoms with van der Waals surface area (Å²) in [6, 6.07) is 8.52. The molecule has 82 valence electrons. The SMILES string of the molecule is CCC1c2ccccc2OCN1CCO. The van der Waals surface area contributed by atoms with Gasteiger partial charge in [0.15, 0.2) is 0 Å². The van der Waals surface area contributed by atoms with Gasteiger partial charge in [0.1, 0.15) is 12.5 Å². The van der Waals surface area contributed by atoms with Crippen LogP contribution >= 0.6 is 0 Å². The third-order valence-electron chi connectivity index (χ3n) is 2.88. The lowest BCUT2D eigenvalue weighted by Crippen LogP contribution is -2.38. The second kappa shape index (κ2) is 4.64. The molecule has 0 saturated carbocycles. The summed E-state index contributed by atoms with van der Waals surface area (Å²) >= 11 is 0. The number of hydrogen-bond donors (Lipinski definition) is 1. The van der Waals surface area contributed by atoms with Crippen LogP contribution < -0.4 is 4.74 Å². The van der Waals surface area contributed by atoms with Crippen LogP contribution in [0.25, 0.3) is 0 Å². The van der Waals surface area contributed by atoms with Gasteiger partial charge in [0.25, 0.3) is 0 Å². The minimum Gasteiger partial charge on any atom is -0.478 e. The lowest BCUT2D eigenvalue weighted by atomic mass is 10.0. The average Bonchev–Trinajstić information content (AvgIpc) is 2.29. The summed E-state index contributed by atoms with van der Waals surface area (Å²) < 4.78 is 5.64. The molecule has 2 rings (SSSR count). The van der Waals surface area contributed by atoms with Crippen LogP contribution in [0.2, 0.25) is 0 Å². The van der Waals surface area contributed by atoms with Crippen molar-refractivity contribution in [3.05, 3.63) is 29.8 Å². The quantitative estimate of drug-likeness (QED) is 0.820. The lowest BCUT2D eigenvalue weighted by molar-refractivity contribution is 0.0411. The van der Waals surface area contributed by atoms with Crippen molar-refractivity contribution in [2.45, 2.75) is 19.4 Å². The molecule has 1 aromatic carbocycles. The number of para-hydroxylation sites is 1. The first-order chi connectivity index (χ1) is 7.36. The number of rotatable bonds is 3. The zero-order chi connectivity index (χ0) is 10.7. The number of β-amino-alcohol motifs (C(OH)–C–C–N with tert-alkyl or cyclic N) is 1. The van der Waals surface area contributed by atoms with Crippen LogP contribution in [0.1, 0.15) is 24.9 Å². The Bertz CT molecular complexity index is 327. The third kappa shape index (κ3) is 1.98. The summed E-state index contributed by atoms with van der Waals surface area (Å²) in [7, 11) is 0. The van der Waals surface area contributed by atoms with Gasteiger partial charge >= 0.3 is 0 Å². The van der Waals surface area contributed by atoms with Crippen LogP contribution in [0.3, 0.4) is 0 Å². The number of nitrogens with zero attached hydrogens (tertiary/aromatic N) is 1. The van der Waals surface area contributed by atoms with Crippen molar-refractivity contribution in [1.82, 2.24) is 4.90 Å². The van der Waals surface area contributed by atoms with Crippen molar-refractivity contribution in [2.24, 2.45) is 0 Å². The van der Waals surface area contributed by atoms with Gasteiger partial charge in [-0.15, -0.1) is 0 Å². The fraction of sp³-hybridized carbons (Fsp3) is 0.500. The van der Waals surface area contributed by atoms with Gasteiger partial charge in [0.2, 0.25) is 0 Å². The van der Waals surface area contributed by atoms with Gasteiger partial charge in [-0.05, 0) is 12.5 Å². The molecule has 0 radical (unpaired) electrons. The second-order valence-corrected chi connectivity index (χ2v) is 3.77. The fourth-order valence-corrected chi connectivity index (χ4v) is 2.15. The molecule has 1 heterocycles. The summed E-state index contributed by atoms with van der Waals surface area (Å²) in [6.45, 7) is 3.60. The maximum atomic E-state index is 8.98. The molecular weight excluding hydrogens is 190 g/mol. The van der Waals surface area contributed by atoms with E-state index in [9.17, 15) is 0 Å². The molecule has 0 fully saturated rings. The molecule has 0 aromatic heterocycles. The molecule has 3 heteroatoms. The molecule has 0 amide bonds. The topological polar surface area (TPSA) is 32.7 Å². The van der Waals surface area contributed by atoms with Gasteiger partial charge in [-0.25, -0.2) is 0 Å². The predicted octanol–water partition coefficient (Wildman–Crippen LogP) is 1.78. The largest absolute Gasteiger partial charge is 0.478 e. The van der Waals surface area contributed by atoms with Crippen LogP contribution in [-0.2, 0) is 0 Å². The Morgan fingerprint density at radius 1 is 1.47 bits per heavy atom. The Balaban J connectivity index is 2.26. The number of ether oxygens (including phenoxy) is 1. The van der Waals surface area contributed by atoms with Gasteiger partial charge in [-0.3, -0.25) is 4.90 Å². The van der Waals surface area contributed by atoms with Crippen LogP contribution in [0.15, 0.2) is 24.3 Å². The van der Waals surface area contributed by atoms with E-state index in [2.05, 4.69) is 17.9 Å². The van der Waals surface area contributed by atoms with E-state index < -0.39 is 0 Å². The first kappa shape index (κ1) is 10.5. The van der Waals surface area contributed by atoms with Crippen molar-refractivity contribution in [3.63, 3.8) is 0 Å². The standard InChI is InChI=1S/C12H17NO2/c1-2-11-10-5-3-4-6-12(10)15-9-13(11)7-8-14/h3-6,11,14H,2,7-9H2,1H3. The van der Waals surface area contributed by atoms with E-state index in [1.54, 1.807) is 0 Å². The maximum absolute atomic E-state index is 8.98. The van der Waals surface area contributed by atoms with E-state index in [0.717, 1.165) is 12.2 Å². The molecule has 1 N–H and O–H groups in total. The van der Waals surface area contributed by atoms with Crippen molar-refractivity contribution < 1.29 is 9.84 Å². The van der Waals surface area contributed by atoms with E-state index in [0.29, 0.717) is 19.3 Å². The fourth-order valence-electron chi connectivity index (χ4n) is 2.15. The lowest BCUT2D eigenvalue weighted by Gasteiger charge is -2.36. The number of hydrogen-bond acceptors (Lipinski definition) is 3. The van der Waals surface area contributed by atoms with Crippen molar-refractivity contribution in [1.29, 1.82) is 0 Å². The number of benzene rings is 1. The van der Waals surface area contributed by atoms with Crippen LogP contribution in [-0.4, -0.2) is 29.9 Å². The van der Waals surface area contributed by atoms with Crippen LogP contribution in [0.4, 0.5) is 0 Å². The molecule has 3 nitrogen and oxygen atoms in total. The molecule has 15 heavy (non-hydrogen) atoms. The van der Waals surface area contributed by atoms with Crippen molar-refractivity contribution in [3.8, 4) is 5.75 Å². The highest BCUT2D eigenvalue weighted by Crippen LogP contribution is 2.35. The summed E-state index contributed by atoms with van der Waals surface area (Å²) in [5, 5.41) is 8.98. The first-order valence-electron chi connectivity index (χ1n) is 5.43. The summed E-state index contributed by atoms with van der Waals surface area (Å²) in [4.78, 5) is 2.17. The summed E-state index contributed by atoms with van der Waals surface area (Å²) in [5.74, 6) is 0.985. The molecule has 1 atom stereocenters. The number of aliphatic hydroxyl groups excluding tert-OH is 1. The Hall–Kier alpha value is -1.06. The molecule has 1 aliphatic heterocycles. The zero-order valence-corrected chi connectivity index (χ0v) is 9.02. The van der Waals surface area contributed by atoms with E-state index in [4.69, 9.17) is 9.84 Å². The average molecular weight is 207 g/mol. The van der Waals surface area contributed by atoms with Gasteiger partial charge in [0, 0.05) is 18.2 Å². The van der Waals surface area contributed by atoms with E-state index >= 15 is 0 Å². The molecule has 1 aromatic rings. The Morgan fingerprint density at radius 3 is 3.00 bits per heavy atom. The molecule has 1 aliphatic rings. The van der Waals surface area contributed by atoms with Crippen molar-refractivity contribution >= 4 is 0 Å². The molecule has 0 aliphatic carbocycles. The van der Waals surface area contributed by atoms with E-state index in [1.807, 2.05) is 18.2 Å².